The number of carbonyl (C=O) groups is 1. The van der Waals surface area contributed by atoms with E-state index in [1.165, 1.54) is 10.8 Å². The molecule has 0 aliphatic heterocycles. The van der Waals surface area contributed by atoms with Crippen molar-refractivity contribution >= 4 is 22.6 Å². The molecule has 0 aliphatic carbocycles. The highest BCUT2D eigenvalue weighted by molar-refractivity contribution is 6.00. The molecule has 0 saturated heterocycles. The van der Waals surface area contributed by atoms with Gasteiger partial charge in [0.1, 0.15) is 11.5 Å². The molecule has 2 heterocycles. The van der Waals surface area contributed by atoms with E-state index in [9.17, 15) is 9.59 Å². The molecule has 3 aromatic rings. The molecule has 0 radical (unpaired) electrons. The normalized spacial score (nSPS) is 10.8. The average Bonchev–Trinajstić information content (AvgIpc) is 2.73. The number of nitrogens with zero attached hydrogens (tertiary/aromatic N) is 3. The highest BCUT2D eigenvalue weighted by Gasteiger charge is 2.17. The number of benzene rings is 1. The Morgan fingerprint density at radius 3 is 2.90 bits per heavy atom. The van der Waals surface area contributed by atoms with Crippen molar-refractivity contribution < 1.29 is 4.79 Å². The van der Waals surface area contributed by atoms with Crippen LogP contribution < -0.4 is 11.3 Å². The van der Waals surface area contributed by atoms with Gasteiger partial charge in [-0.3, -0.25) is 14.2 Å². The molecular weight excluding hydrogens is 258 g/mol. The van der Waals surface area contributed by atoms with E-state index in [0.717, 1.165) is 6.20 Å². The summed E-state index contributed by atoms with van der Waals surface area (Å²) in [6.07, 6.45) is 2.35. The SMILES string of the molecule is Cc1nc2cc(N)ccc2n1C(=O)c1c[nH]c(=O)cn1. The van der Waals surface area contributed by atoms with E-state index >= 15 is 0 Å². The molecule has 0 fully saturated rings. The zero-order chi connectivity index (χ0) is 14.3. The fraction of sp³-hybridized carbons (Fsp3) is 0.0769. The number of rotatable bonds is 1. The van der Waals surface area contributed by atoms with Crippen LogP contribution in [0.15, 0.2) is 35.4 Å². The van der Waals surface area contributed by atoms with Gasteiger partial charge in [-0.25, -0.2) is 9.97 Å². The summed E-state index contributed by atoms with van der Waals surface area (Å²) in [5.74, 6) is 0.176. The van der Waals surface area contributed by atoms with E-state index in [1.54, 1.807) is 25.1 Å². The van der Waals surface area contributed by atoms with Gasteiger partial charge in [-0.15, -0.1) is 0 Å². The van der Waals surface area contributed by atoms with Crippen LogP contribution in [-0.2, 0) is 0 Å². The smallest absolute Gasteiger partial charge is 0.283 e. The molecule has 100 valence electrons. The second-order valence-corrected chi connectivity index (χ2v) is 4.34. The lowest BCUT2D eigenvalue weighted by Gasteiger charge is -2.04. The number of imidazole rings is 1. The number of aromatic amines is 1. The standard InChI is InChI=1S/C13H11N5O2/c1-7-17-9-4-8(14)2-3-11(9)18(7)13(20)10-5-16-12(19)6-15-10/h2-6H,14H2,1H3,(H,16,19). The molecule has 0 atom stereocenters. The summed E-state index contributed by atoms with van der Waals surface area (Å²) >= 11 is 0. The minimum atomic E-state index is -0.360. The summed E-state index contributed by atoms with van der Waals surface area (Å²) in [5, 5.41) is 0. The third-order valence-electron chi connectivity index (χ3n) is 2.94. The first-order valence-electron chi connectivity index (χ1n) is 5.90. The van der Waals surface area contributed by atoms with Crippen LogP contribution in [0.2, 0.25) is 0 Å². The number of fused-ring (bicyclic) bond motifs is 1. The van der Waals surface area contributed by atoms with Gasteiger partial charge in [0, 0.05) is 11.9 Å². The number of H-pyrrole nitrogens is 1. The van der Waals surface area contributed by atoms with Gasteiger partial charge in [0.2, 0.25) is 0 Å². The molecule has 3 rings (SSSR count). The first-order valence-corrected chi connectivity index (χ1v) is 5.90. The molecule has 7 heteroatoms. The van der Waals surface area contributed by atoms with Crippen molar-refractivity contribution in [3.05, 3.63) is 52.5 Å². The monoisotopic (exact) mass is 269 g/mol. The molecule has 0 unspecified atom stereocenters. The molecule has 2 aromatic heterocycles. The number of anilines is 1. The van der Waals surface area contributed by atoms with E-state index in [2.05, 4.69) is 15.0 Å². The Morgan fingerprint density at radius 1 is 1.40 bits per heavy atom. The van der Waals surface area contributed by atoms with Gasteiger partial charge in [-0.05, 0) is 25.1 Å². The zero-order valence-electron chi connectivity index (χ0n) is 10.6. The minimum absolute atomic E-state index is 0.142. The first-order chi connectivity index (χ1) is 9.56. The van der Waals surface area contributed by atoms with Gasteiger partial charge >= 0.3 is 0 Å². The number of aryl methyl sites for hydroxylation is 1. The molecule has 7 nitrogen and oxygen atoms in total. The maximum atomic E-state index is 12.4. The molecular formula is C13H11N5O2. The van der Waals surface area contributed by atoms with E-state index in [1.807, 2.05) is 0 Å². The van der Waals surface area contributed by atoms with Crippen LogP contribution >= 0.6 is 0 Å². The van der Waals surface area contributed by atoms with Gasteiger partial charge < -0.3 is 10.7 Å². The number of nitrogen functional groups attached to an aromatic ring is 1. The topological polar surface area (TPSA) is 107 Å². The van der Waals surface area contributed by atoms with Gasteiger partial charge in [0.05, 0.1) is 17.2 Å². The molecule has 0 spiro atoms. The molecule has 0 saturated carbocycles. The van der Waals surface area contributed by atoms with Gasteiger partial charge in [-0.1, -0.05) is 0 Å². The van der Waals surface area contributed by atoms with Crippen molar-refractivity contribution in [3.8, 4) is 0 Å². The largest absolute Gasteiger partial charge is 0.399 e. The van der Waals surface area contributed by atoms with Gasteiger partial charge in [0.15, 0.2) is 0 Å². The highest BCUT2D eigenvalue weighted by Crippen LogP contribution is 2.19. The number of nitrogens with one attached hydrogen (secondary N) is 1. The Labute approximate surface area is 113 Å². The Hall–Kier alpha value is -2.96. The minimum Gasteiger partial charge on any atom is -0.399 e. The lowest BCUT2D eigenvalue weighted by atomic mass is 10.3. The van der Waals surface area contributed by atoms with Crippen LogP contribution in [0.3, 0.4) is 0 Å². The molecule has 0 amide bonds. The maximum Gasteiger partial charge on any atom is 0.283 e. The first kappa shape index (κ1) is 12.1. The number of hydrogen-bond acceptors (Lipinski definition) is 5. The molecule has 20 heavy (non-hydrogen) atoms. The fourth-order valence-corrected chi connectivity index (χ4v) is 2.05. The molecule has 1 aromatic carbocycles. The number of nitrogens with two attached hydrogens (primary N) is 1. The van der Waals surface area contributed by atoms with Crippen molar-refractivity contribution in [1.29, 1.82) is 0 Å². The lowest BCUT2D eigenvalue weighted by Crippen LogP contribution is -2.18. The Balaban J connectivity index is 2.18. The summed E-state index contributed by atoms with van der Waals surface area (Å²) in [6, 6.07) is 5.13. The van der Waals surface area contributed by atoms with Crippen LogP contribution in [0.25, 0.3) is 11.0 Å². The molecule has 0 aliphatic rings. The van der Waals surface area contributed by atoms with Crippen LogP contribution in [0, 0.1) is 6.92 Å². The van der Waals surface area contributed by atoms with Crippen LogP contribution in [0.4, 0.5) is 5.69 Å². The summed E-state index contributed by atoms with van der Waals surface area (Å²) in [7, 11) is 0. The van der Waals surface area contributed by atoms with E-state index < -0.39 is 0 Å². The Bertz CT molecular complexity index is 858. The lowest BCUT2D eigenvalue weighted by molar-refractivity contribution is 0.0957. The summed E-state index contributed by atoms with van der Waals surface area (Å²) in [4.78, 5) is 34.0. The maximum absolute atomic E-state index is 12.4. The quantitative estimate of drug-likeness (QED) is 0.632. The molecule has 3 N–H and O–H groups in total. The van der Waals surface area contributed by atoms with Crippen molar-refractivity contribution in [2.45, 2.75) is 6.92 Å². The van der Waals surface area contributed by atoms with Crippen molar-refractivity contribution in [1.82, 2.24) is 19.5 Å². The number of aromatic nitrogens is 4. The van der Waals surface area contributed by atoms with Crippen LogP contribution in [0.5, 0.6) is 0 Å². The summed E-state index contributed by atoms with van der Waals surface area (Å²) in [5.41, 5.74) is 7.35. The van der Waals surface area contributed by atoms with Crippen molar-refractivity contribution in [2.24, 2.45) is 0 Å². The third-order valence-corrected chi connectivity index (χ3v) is 2.94. The zero-order valence-corrected chi connectivity index (χ0v) is 10.6. The average molecular weight is 269 g/mol. The number of carbonyl (C=O) groups excluding carboxylic acids is 1. The fourth-order valence-electron chi connectivity index (χ4n) is 2.05. The van der Waals surface area contributed by atoms with Crippen molar-refractivity contribution in [3.63, 3.8) is 0 Å². The molecule has 0 bridgehead atoms. The van der Waals surface area contributed by atoms with E-state index in [4.69, 9.17) is 5.73 Å². The Kier molecular flexibility index (Phi) is 2.60. The summed E-state index contributed by atoms with van der Waals surface area (Å²) < 4.78 is 1.44. The van der Waals surface area contributed by atoms with E-state index in [0.29, 0.717) is 22.5 Å². The Morgan fingerprint density at radius 2 is 2.20 bits per heavy atom. The van der Waals surface area contributed by atoms with E-state index in [-0.39, 0.29) is 17.2 Å². The van der Waals surface area contributed by atoms with Crippen LogP contribution in [0.1, 0.15) is 16.3 Å². The summed E-state index contributed by atoms with van der Waals surface area (Å²) in [6.45, 7) is 1.72. The predicted octanol–water partition coefficient (Wildman–Crippen LogP) is 0.699. The third kappa shape index (κ3) is 1.85. The van der Waals surface area contributed by atoms with Gasteiger partial charge in [0.25, 0.3) is 11.5 Å². The second kappa shape index (κ2) is 4.30. The second-order valence-electron chi connectivity index (χ2n) is 4.34. The highest BCUT2D eigenvalue weighted by atomic mass is 16.2. The van der Waals surface area contributed by atoms with Crippen LogP contribution in [-0.4, -0.2) is 25.4 Å². The number of hydrogen-bond donors (Lipinski definition) is 2. The van der Waals surface area contributed by atoms with Gasteiger partial charge in [-0.2, -0.15) is 0 Å². The predicted molar refractivity (Wildman–Crippen MR) is 73.5 cm³/mol. The van der Waals surface area contributed by atoms with Crippen molar-refractivity contribution in [2.75, 3.05) is 5.73 Å².